The topological polar surface area (TPSA) is 138 Å². The molecule has 168 valence electrons. The summed E-state index contributed by atoms with van der Waals surface area (Å²) in [6, 6.07) is -1.18. The Morgan fingerprint density at radius 1 is 1.23 bits per heavy atom. The van der Waals surface area contributed by atoms with E-state index >= 15 is 0 Å². The van der Waals surface area contributed by atoms with Crippen LogP contribution in [0.2, 0.25) is 0 Å². The molecule has 0 unspecified atom stereocenters. The molecule has 2 rings (SSSR count). The zero-order valence-electron chi connectivity index (χ0n) is 16.6. The van der Waals surface area contributed by atoms with Gasteiger partial charge in [0, 0.05) is 31.6 Å². The molecular formula is C16H24BrN4O7PS. The van der Waals surface area contributed by atoms with E-state index in [0.29, 0.717) is 3.92 Å². The summed E-state index contributed by atoms with van der Waals surface area (Å²) in [4.78, 5) is 43.5. The monoisotopic (exact) mass is 526 g/mol. The number of halogens is 1. The average Bonchev–Trinajstić information content (AvgIpc) is 3.14. The summed E-state index contributed by atoms with van der Waals surface area (Å²) >= 11 is 4.39. The van der Waals surface area contributed by atoms with Gasteiger partial charge in [0.15, 0.2) is 3.92 Å². The summed E-state index contributed by atoms with van der Waals surface area (Å²) in [5, 5.41) is 13.2. The fourth-order valence-electron chi connectivity index (χ4n) is 2.87. The largest absolute Gasteiger partial charge is 0.465 e. The lowest BCUT2D eigenvalue weighted by Gasteiger charge is -2.35. The van der Waals surface area contributed by atoms with Crippen LogP contribution in [0.25, 0.3) is 0 Å². The maximum absolute atomic E-state index is 13.1. The zero-order chi connectivity index (χ0) is 22.3. The molecule has 1 aliphatic heterocycles. The van der Waals surface area contributed by atoms with Gasteiger partial charge >= 0.3 is 13.7 Å². The van der Waals surface area contributed by atoms with Gasteiger partial charge in [0.25, 0.3) is 5.91 Å². The maximum atomic E-state index is 13.1. The third-order valence-electron chi connectivity index (χ3n) is 4.23. The summed E-state index contributed by atoms with van der Waals surface area (Å²) in [7, 11) is -3.64. The summed E-state index contributed by atoms with van der Waals surface area (Å²) < 4.78 is 24.1. The van der Waals surface area contributed by atoms with Crippen molar-refractivity contribution in [2.75, 3.05) is 45.6 Å². The molecule has 14 heteroatoms. The Kier molecular flexibility index (Phi) is 9.23. The molecule has 0 aliphatic carbocycles. The minimum Gasteiger partial charge on any atom is -0.465 e. The Balaban J connectivity index is 2.19. The normalized spacial score (nSPS) is 15.7. The Bertz CT molecular complexity index is 805. The fraction of sp³-hybridized carbons (Fsp3) is 0.625. The van der Waals surface area contributed by atoms with Gasteiger partial charge in [0.2, 0.25) is 5.91 Å². The van der Waals surface area contributed by atoms with Crippen molar-refractivity contribution < 1.29 is 33.1 Å². The van der Waals surface area contributed by atoms with Crippen LogP contribution in [0.5, 0.6) is 0 Å². The van der Waals surface area contributed by atoms with Gasteiger partial charge in [-0.2, -0.15) is 0 Å². The van der Waals surface area contributed by atoms with Gasteiger partial charge in [0.05, 0.1) is 19.4 Å². The van der Waals surface area contributed by atoms with Crippen molar-refractivity contribution in [2.24, 2.45) is 0 Å². The van der Waals surface area contributed by atoms with Crippen LogP contribution >= 0.6 is 34.9 Å². The van der Waals surface area contributed by atoms with Crippen LogP contribution in [0.3, 0.4) is 0 Å². The SMILES string of the molecule is CCOP(=O)(C[C@H](NC(=O)c1csc(Br)n1)C(=O)N1CCN(C(=O)O)CC1)OCC. The molecule has 0 bridgehead atoms. The number of carbonyl (C=O) groups excluding carboxylic acids is 2. The molecule has 1 aliphatic rings. The van der Waals surface area contributed by atoms with E-state index in [-0.39, 0.29) is 51.2 Å². The lowest BCUT2D eigenvalue weighted by molar-refractivity contribution is -0.134. The first-order valence-electron chi connectivity index (χ1n) is 9.25. The van der Waals surface area contributed by atoms with Gasteiger partial charge in [-0.15, -0.1) is 11.3 Å². The molecule has 2 N–H and O–H groups in total. The van der Waals surface area contributed by atoms with Crippen molar-refractivity contribution in [3.8, 4) is 0 Å². The predicted octanol–water partition coefficient (Wildman–Crippen LogP) is 2.09. The lowest BCUT2D eigenvalue weighted by atomic mass is 10.2. The number of hydrogen-bond donors (Lipinski definition) is 2. The Hall–Kier alpha value is -1.53. The number of piperazine rings is 1. The highest BCUT2D eigenvalue weighted by Gasteiger charge is 2.37. The molecule has 3 amide bonds. The van der Waals surface area contributed by atoms with E-state index in [2.05, 4.69) is 26.2 Å². The van der Waals surface area contributed by atoms with Crippen LogP contribution in [-0.2, 0) is 18.4 Å². The average molecular weight is 527 g/mol. The number of nitrogens with one attached hydrogen (secondary N) is 1. The Morgan fingerprint density at radius 2 is 1.80 bits per heavy atom. The van der Waals surface area contributed by atoms with Gasteiger partial charge in [-0.1, -0.05) is 0 Å². The van der Waals surface area contributed by atoms with Crippen molar-refractivity contribution in [1.82, 2.24) is 20.1 Å². The van der Waals surface area contributed by atoms with E-state index in [4.69, 9.17) is 14.2 Å². The number of aromatic nitrogens is 1. The number of carboxylic acid groups (broad SMARTS) is 1. The van der Waals surface area contributed by atoms with Crippen LogP contribution in [0.15, 0.2) is 9.30 Å². The van der Waals surface area contributed by atoms with Crippen molar-refractivity contribution in [2.45, 2.75) is 19.9 Å². The summed E-state index contributed by atoms with van der Waals surface area (Å²) in [6.07, 6.45) is -1.40. The number of rotatable bonds is 9. The van der Waals surface area contributed by atoms with Gasteiger partial charge in [-0.25, -0.2) is 9.78 Å². The molecule has 1 aromatic rings. The van der Waals surface area contributed by atoms with E-state index in [0.717, 1.165) is 0 Å². The minimum atomic E-state index is -3.64. The van der Waals surface area contributed by atoms with Gasteiger partial charge in [-0.3, -0.25) is 14.2 Å². The molecule has 11 nitrogen and oxygen atoms in total. The molecule has 1 atom stereocenters. The number of nitrogens with zero attached hydrogens (tertiary/aromatic N) is 3. The maximum Gasteiger partial charge on any atom is 0.407 e. The zero-order valence-corrected chi connectivity index (χ0v) is 19.9. The van der Waals surface area contributed by atoms with Crippen LogP contribution in [-0.4, -0.2) is 89.4 Å². The smallest absolute Gasteiger partial charge is 0.407 e. The first-order chi connectivity index (χ1) is 14.2. The summed E-state index contributed by atoms with van der Waals surface area (Å²) in [6.45, 7) is 4.15. The van der Waals surface area contributed by atoms with Gasteiger partial charge in [-0.05, 0) is 29.8 Å². The molecule has 0 spiro atoms. The summed E-state index contributed by atoms with van der Waals surface area (Å²) in [5.74, 6) is -1.08. The number of carbonyl (C=O) groups is 3. The Morgan fingerprint density at radius 3 is 2.27 bits per heavy atom. The molecule has 0 aromatic carbocycles. The number of amides is 3. The van der Waals surface area contributed by atoms with Crippen LogP contribution < -0.4 is 5.32 Å². The van der Waals surface area contributed by atoms with Gasteiger partial charge < -0.3 is 29.3 Å². The lowest BCUT2D eigenvalue weighted by Crippen LogP contribution is -2.56. The van der Waals surface area contributed by atoms with E-state index in [1.165, 1.54) is 26.5 Å². The first kappa shape index (κ1) is 24.7. The number of thiazole rings is 1. The standard InChI is InChI=1S/C16H24BrN4O7PS/c1-3-27-29(26,28-4-2)9-11(18-13(22)12-10-30-15(17)19-12)14(23)20-5-7-21(8-6-20)16(24)25/h10-11H,3-9H2,1-2H3,(H,18,22)(H,24,25)/t11-/m0/s1. The molecule has 0 radical (unpaired) electrons. The second-order valence-corrected chi connectivity index (χ2v) is 10.5. The minimum absolute atomic E-state index is 0.114. The first-order valence-corrected chi connectivity index (χ1v) is 12.7. The van der Waals surface area contributed by atoms with Crippen molar-refractivity contribution in [1.29, 1.82) is 0 Å². The van der Waals surface area contributed by atoms with Gasteiger partial charge in [0.1, 0.15) is 11.7 Å². The molecule has 1 saturated heterocycles. The predicted molar refractivity (Wildman–Crippen MR) is 113 cm³/mol. The third kappa shape index (κ3) is 6.74. The quantitative estimate of drug-likeness (QED) is 0.466. The van der Waals surface area contributed by atoms with E-state index in [1.54, 1.807) is 13.8 Å². The molecule has 0 saturated carbocycles. The third-order valence-corrected chi connectivity index (χ3v) is 7.71. The molecular weight excluding hydrogens is 503 g/mol. The van der Waals surface area contributed by atoms with Crippen molar-refractivity contribution >= 4 is 52.8 Å². The van der Waals surface area contributed by atoms with Crippen molar-refractivity contribution in [3.63, 3.8) is 0 Å². The molecule has 2 heterocycles. The van der Waals surface area contributed by atoms with E-state index in [9.17, 15) is 18.9 Å². The highest BCUT2D eigenvalue weighted by atomic mass is 79.9. The second-order valence-electron chi connectivity index (χ2n) is 6.24. The van der Waals surface area contributed by atoms with Crippen LogP contribution in [0, 0.1) is 0 Å². The fourth-order valence-corrected chi connectivity index (χ4v) is 5.63. The Labute approximate surface area is 186 Å². The number of hydrogen-bond acceptors (Lipinski definition) is 8. The highest BCUT2D eigenvalue weighted by Crippen LogP contribution is 2.48. The van der Waals surface area contributed by atoms with E-state index < -0.39 is 31.5 Å². The second kappa shape index (κ2) is 11.2. The van der Waals surface area contributed by atoms with Crippen molar-refractivity contribution in [3.05, 3.63) is 15.0 Å². The molecule has 1 fully saturated rings. The van der Waals surface area contributed by atoms with Crippen LogP contribution in [0.4, 0.5) is 4.79 Å². The summed E-state index contributed by atoms with van der Waals surface area (Å²) in [5.41, 5.74) is 0.114. The van der Waals surface area contributed by atoms with E-state index in [1.807, 2.05) is 0 Å². The molecule has 30 heavy (non-hydrogen) atoms. The van der Waals surface area contributed by atoms with Crippen LogP contribution in [0.1, 0.15) is 24.3 Å². The highest BCUT2D eigenvalue weighted by molar-refractivity contribution is 9.11. The molecule has 1 aromatic heterocycles.